The van der Waals surface area contributed by atoms with E-state index in [2.05, 4.69) is 49.9 Å². The largest absolute Gasteiger partial charge is 0.494 e. The van der Waals surface area contributed by atoms with Gasteiger partial charge in [0.2, 0.25) is 5.91 Å². The number of rotatable bonds is 15. The highest BCUT2D eigenvalue weighted by atomic mass is 16.5. The van der Waals surface area contributed by atoms with Crippen LogP contribution >= 0.6 is 0 Å². The maximum Gasteiger partial charge on any atom is 0.251 e. The Hall–Kier alpha value is -4.56. The first-order chi connectivity index (χ1) is 25.7. The topological polar surface area (TPSA) is 93.6 Å². The van der Waals surface area contributed by atoms with Gasteiger partial charge >= 0.3 is 0 Å². The van der Waals surface area contributed by atoms with Crippen LogP contribution in [0.5, 0.6) is 5.75 Å². The Morgan fingerprint density at radius 2 is 1.44 bits per heavy atom. The van der Waals surface area contributed by atoms with Crippen LogP contribution in [0.4, 0.5) is 0 Å². The van der Waals surface area contributed by atoms with Gasteiger partial charge in [0.05, 0.1) is 18.3 Å². The molecule has 1 N–H and O–H groups in total. The Labute approximate surface area is 323 Å². The first kappa shape index (κ1) is 40.6. The van der Waals surface area contributed by atoms with Crippen molar-refractivity contribution in [1.29, 1.82) is 0 Å². The van der Waals surface area contributed by atoms with Gasteiger partial charge in [-0.1, -0.05) is 102 Å². The van der Waals surface area contributed by atoms with E-state index in [1.807, 2.05) is 111 Å². The smallest absolute Gasteiger partial charge is 0.251 e. The Morgan fingerprint density at radius 1 is 0.815 bits per heavy atom. The molecule has 2 amide bonds. The quantitative estimate of drug-likeness (QED) is 0.122. The fraction of sp³-hybridized carbons (Fsp3) is 0.478. The molecule has 8 heteroatoms. The van der Waals surface area contributed by atoms with E-state index in [1.165, 1.54) is 25.7 Å². The van der Waals surface area contributed by atoms with Gasteiger partial charge in [-0.25, -0.2) is 9.97 Å². The molecule has 3 aromatic carbocycles. The Kier molecular flexibility index (Phi) is 13.7. The third-order valence-corrected chi connectivity index (χ3v) is 9.96. The van der Waals surface area contributed by atoms with E-state index in [0.29, 0.717) is 24.4 Å². The van der Waals surface area contributed by atoms with Gasteiger partial charge in [0, 0.05) is 48.1 Å². The molecule has 8 nitrogen and oxygen atoms in total. The summed E-state index contributed by atoms with van der Waals surface area (Å²) in [7, 11) is 0. The van der Waals surface area contributed by atoms with Gasteiger partial charge in [0.15, 0.2) is 5.82 Å². The molecule has 0 spiro atoms. The molecular formula is C46H60N4O4. The van der Waals surface area contributed by atoms with Crippen LogP contribution in [-0.4, -0.2) is 63.6 Å². The second kappa shape index (κ2) is 18.2. The molecule has 54 heavy (non-hydrogen) atoms. The molecule has 0 bridgehead atoms. The van der Waals surface area contributed by atoms with E-state index in [4.69, 9.17) is 9.47 Å². The second-order valence-electron chi connectivity index (χ2n) is 16.8. The minimum absolute atomic E-state index is 0.00538. The van der Waals surface area contributed by atoms with Crippen LogP contribution in [0, 0.1) is 0 Å². The predicted octanol–water partition coefficient (Wildman–Crippen LogP) is 9.60. The molecule has 1 aliphatic rings. The number of amides is 2. The number of aromatic nitrogens is 2. The fourth-order valence-corrected chi connectivity index (χ4v) is 6.93. The highest BCUT2D eigenvalue weighted by Gasteiger charge is 2.38. The van der Waals surface area contributed by atoms with Crippen molar-refractivity contribution in [2.45, 2.75) is 130 Å². The van der Waals surface area contributed by atoms with E-state index >= 15 is 0 Å². The zero-order chi connectivity index (χ0) is 38.9. The van der Waals surface area contributed by atoms with E-state index in [1.54, 1.807) is 0 Å². The second-order valence-corrected chi connectivity index (χ2v) is 16.8. The molecule has 0 saturated carbocycles. The molecule has 1 aliphatic heterocycles. The lowest BCUT2D eigenvalue weighted by atomic mass is 9.86. The Balaban J connectivity index is 1.26. The van der Waals surface area contributed by atoms with Gasteiger partial charge in [0.1, 0.15) is 11.8 Å². The summed E-state index contributed by atoms with van der Waals surface area (Å²) in [6.07, 6.45) is 10.8. The minimum Gasteiger partial charge on any atom is -0.494 e. The summed E-state index contributed by atoms with van der Waals surface area (Å²) in [4.78, 5) is 39.0. The summed E-state index contributed by atoms with van der Waals surface area (Å²) in [5.74, 6) is 1.11. The van der Waals surface area contributed by atoms with Gasteiger partial charge in [-0.3, -0.25) is 9.59 Å². The molecular weight excluding hydrogens is 673 g/mol. The van der Waals surface area contributed by atoms with E-state index < -0.39 is 6.04 Å². The lowest BCUT2D eigenvalue weighted by Crippen LogP contribution is -2.51. The van der Waals surface area contributed by atoms with Crippen LogP contribution in [0.25, 0.3) is 22.5 Å². The van der Waals surface area contributed by atoms with Crippen molar-refractivity contribution in [2.24, 2.45) is 0 Å². The summed E-state index contributed by atoms with van der Waals surface area (Å²) in [6, 6.07) is 22.9. The van der Waals surface area contributed by atoms with Gasteiger partial charge in [-0.05, 0) is 86.9 Å². The van der Waals surface area contributed by atoms with E-state index in [-0.39, 0.29) is 35.0 Å². The minimum atomic E-state index is -0.750. The van der Waals surface area contributed by atoms with Crippen LogP contribution in [0.15, 0.2) is 85.2 Å². The van der Waals surface area contributed by atoms with E-state index in [0.717, 1.165) is 53.0 Å². The van der Waals surface area contributed by atoms with Crippen LogP contribution in [0.2, 0.25) is 0 Å². The molecule has 4 aromatic rings. The molecule has 0 radical (unpaired) electrons. The highest BCUT2D eigenvalue weighted by Crippen LogP contribution is 2.27. The van der Waals surface area contributed by atoms with Crippen molar-refractivity contribution in [3.63, 3.8) is 0 Å². The highest BCUT2D eigenvalue weighted by molar-refractivity contribution is 5.97. The summed E-state index contributed by atoms with van der Waals surface area (Å²) in [6.45, 7) is 18.0. The zero-order valence-corrected chi connectivity index (χ0v) is 33.7. The molecule has 1 fully saturated rings. The third-order valence-electron chi connectivity index (χ3n) is 9.96. The van der Waals surface area contributed by atoms with Crippen molar-refractivity contribution in [1.82, 2.24) is 20.2 Å². The first-order valence-corrected chi connectivity index (χ1v) is 19.7. The lowest BCUT2D eigenvalue weighted by Gasteiger charge is -2.28. The van der Waals surface area contributed by atoms with Crippen LogP contribution in [0.1, 0.15) is 115 Å². The number of nitrogens with zero attached hydrogens (tertiary/aromatic N) is 3. The number of unbranched alkanes of at least 4 members (excludes halogenated alkanes) is 4. The van der Waals surface area contributed by atoms with Crippen molar-refractivity contribution in [3.8, 4) is 28.3 Å². The van der Waals surface area contributed by atoms with Crippen molar-refractivity contribution < 1.29 is 19.1 Å². The molecule has 2 heterocycles. The zero-order valence-electron chi connectivity index (χ0n) is 33.7. The molecule has 288 valence electrons. The standard InChI is InChI=1S/C46H60N4O4/c1-9-10-11-12-13-26-53-39-24-20-34(21-25-39)37-29-47-42(48-30-37)35-16-14-33(15-17-35)28-41(44(52)50-31-40(27-32(50)2)54-46(6,7)8)49-43(51)36-18-22-38(23-19-36)45(3,4)5/h14-25,29-30,32,40-41H,9-13,26-28,31H2,1-8H3,(H,49,51)/t32-,40-,41+/m1/s1. The van der Waals surface area contributed by atoms with Gasteiger partial charge in [-0.15, -0.1) is 0 Å². The number of hydrogen-bond donors (Lipinski definition) is 1. The monoisotopic (exact) mass is 732 g/mol. The molecule has 5 rings (SSSR count). The normalized spacial score (nSPS) is 16.6. The number of hydrogen-bond acceptors (Lipinski definition) is 6. The van der Waals surface area contributed by atoms with Crippen molar-refractivity contribution >= 4 is 11.8 Å². The van der Waals surface area contributed by atoms with Crippen LogP contribution in [-0.2, 0) is 21.4 Å². The number of ether oxygens (including phenoxy) is 2. The number of carbonyl (C=O) groups is 2. The molecule has 0 unspecified atom stereocenters. The lowest BCUT2D eigenvalue weighted by molar-refractivity contribution is -0.134. The van der Waals surface area contributed by atoms with E-state index in [9.17, 15) is 9.59 Å². The Bertz CT molecular complexity index is 1790. The summed E-state index contributed by atoms with van der Waals surface area (Å²) in [5.41, 5.74) is 5.08. The first-order valence-electron chi connectivity index (χ1n) is 19.7. The van der Waals surface area contributed by atoms with Gasteiger partial charge in [-0.2, -0.15) is 0 Å². The van der Waals surface area contributed by atoms with Crippen LogP contribution < -0.4 is 10.1 Å². The number of likely N-dealkylation sites (tertiary alicyclic amines) is 1. The predicted molar refractivity (Wildman–Crippen MR) is 218 cm³/mol. The summed E-state index contributed by atoms with van der Waals surface area (Å²) < 4.78 is 12.2. The van der Waals surface area contributed by atoms with Gasteiger partial charge < -0.3 is 19.7 Å². The van der Waals surface area contributed by atoms with Crippen molar-refractivity contribution in [3.05, 3.63) is 102 Å². The van der Waals surface area contributed by atoms with Crippen LogP contribution in [0.3, 0.4) is 0 Å². The average Bonchev–Trinajstić information content (AvgIpc) is 3.50. The summed E-state index contributed by atoms with van der Waals surface area (Å²) >= 11 is 0. The maximum absolute atomic E-state index is 14.2. The molecule has 3 atom stereocenters. The van der Waals surface area contributed by atoms with Gasteiger partial charge in [0.25, 0.3) is 5.91 Å². The number of nitrogens with one attached hydrogen (secondary N) is 1. The molecule has 1 aromatic heterocycles. The molecule has 0 aliphatic carbocycles. The fourth-order valence-electron chi connectivity index (χ4n) is 6.93. The maximum atomic E-state index is 14.2. The third kappa shape index (κ3) is 11.5. The average molecular weight is 733 g/mol. The SMILES string of the molecule is CCCCCCCOc1ccc(-c2cnc(-c3ccc(C[C@H](NC(=O)c4ccc(C(C)(C)C)cc4)C(=O)N4C[C@H](OC(C)(C)C)C[C@H]4C)cc3)nc2)cc1. The number of benzene rings is 3. The number of carbonyl (C=O) groups excluding carboxylic acids is 2. The van der Waals surface area contributed by atoms with Crippen molar-refractivity contribution in [2.75, 3.05) is 13.2 Å². The Morgan fingerprint density at radius 3 is 2.06 bits per heavy atom. The summed E-state index contributed by atoms with van der Waals surface area (Å²) in [5, 5.41) is 3.09. The molecule has 1 saturated heterocycles.